The van der Waals surface area contributed by atoms with Gasteiger partial charge in [0, 0.05) is 19.3 Å². The van der Waals surface area contributed by atoms with E-state index in [1.165, 1.54) is 24.6 Å². The van der Waals surface area contributed by atoms with Gasteiger partial charge in [0.2, 0.25) is 0 Å². The minimum absolute atomic E-state index is 0.0521. The minimum atomic E-state index is -5.06. The van der Waals surface area contributed by atoms with E-state index in [1.54, 1.807) is 6.20 Å². The molecule has 3 aromatic rings. The average molecular weight is 495 g/mol. The molecule has 0 radical (unpaired) electrons. The van der Waals surface area contributed by atoms with Crippen molar-refractivity contribution in [3.63, 3.8) is 0 Å². The maximum atomic E-state index is 14.3. The predicted molar refractivity (Wildman–Crippen MR) is 119 cm³/mol. The van der Waals surface area contributed by atoms with E-state index in [2.05, 4.69) is 25.0 Å². The fourth-order valence-electron chi connectivity index (χ4n) is 4.10. The second-order valence-corrected chi connectivity index (χ2v) is 8.96. The number of rotatable bonds is 6. The molecule has 188 valence electrons. The first-order chi connectivity index (χ1) is 16.4. The number of piperidine rings is 1. The molecule has 0 aliphatic carbocycles. The number of hydrogen-bond donors (Lipinski definition) is 2. The number of benzene rings is 1. The van der Waals surface area contributed by atoms with Crippen molar-refractivity contribution < 1.29 is 32.2 Å². The Morgan fingerprint density at radius 1 is 1.17 bits per heavy atom. The Kier molecular flexibility index (Phi) is 6.58. The van der Waals surface area contributed by atoms with E-state index < -0.39 is 35.5 Å². The number of amides is 1. The van der Waals surface area contributed by atoms with Crippen LogP contribution >= 0.6 is 0 Å². The molecule has 4 rings (SSSR count). The Labute approximate surface area is 198 Å². The van der Waals surface area contributed by atoms with Gasteiger partial charge in [0.1, 0.15) is 11.4 Å². The van der Waals surface area contributed by atoms with Crippen LogP contribution in [0.15, 0.2) is 36.7 Å². The highest BCUT2D eigenvalue weighted by Gasteiger charge is 2.35. The number of nitrogens with one attached hydrogen (secondary N) is 1. The molecular weight excluding hydrogens is 470 g/mol. The number of hydrogen-bond acceptors (Lipinski definition) is 6. The van der Waals surface area contributed by atoms with Crippen molar-refractivity contribution >= 4 is 17.4 Å². The van der Waals surface area contributed by atoms with Crippen molar-refractivity contribution in [3.8, 4) is 5.75 Å². The van der Waals surface area contributed by atoms with Gasteiger partial charge in [-0.15, -0.1) is 13.2 Å². The zero-order valence-corrected chi connectivity index (χ0v) is 19.1. The third-order valence-electron chi connectivity index (χ3n) is 5.78. The number of anilines is 1. The molecular formula is C23H25F4N5O3. The highest BCUT2D eigenvalue weighted by molar-refractivity contribution is 6.00. The fraction of sp³-hybridized carbons (Fsp3) is 0.435. The molecule has 35 heavy (non-hydrogen) atoms. The van der Waals surface area contributed by atoms with Crippen molar-refractivity contribution in [1.82, 2.24) is 19.9 Å². The topological polar surface area (TPSA) is 92.0 Å². The molecule has 2 aromatic heterocycles. The highest BCUT2D eigenvalue weighted by Crippen LogP contribution is 2.32. The van der Waals surface area contributed by atoms with Gasteiger partial charge in [-0.1, -0.05) is 6.07 Å². The summed E-state index contributed by atoms with van der Waals surface area (Å²) in [4.78, 5) is 19.9. The summed E-state index contributed by atoms with van der Waals surface area (Å²) in [6, 6.07) is 3.39. The molecule has 1 saturated heterocycles. The van der Waals surface area contributed by atoms with E-state index in [4.69, 9.17) is 0 Å². The van der Waals surface area contributed by atoms with Gasteiger partial charge in [0.25, 0.3) is 5.91 Å². The van der Waals surface area contributed by atoms with Crippen LogP contribution in [0, 0.1) is 5.82 Å². The number of aromatic nitrogens is 3. The molecule has 1 fully saturated rings. The normalized spacial score (nSPS) is 15.8. The standard InChI is InChI=1S/C23H25F4N5O3/c1-22(2,34)19(14-6-7-17(16(24)12-14)35-23(25,26)27)30-21(33)15-13-28-32-11-8-18(29-20(15)32)31-9-4-3-5-10-31/h6-8,11-13,19,34H,3-5,9-10H2,1-2H3,(H,30,33). The Hall–Kier alpha value is -3.41. The lowest BCUT2D eigenvalue weighted by molar-refractivity contribution is -0.275. The van der Waals surface area contributed by atoms with E-state index in [0.29, 0.717) is 11.5 Å². The molecule has 1 atom stereocenters. The number of fused-ring (bicyclic) bond motifs is 1. The lowest BCUT2D eigenvalue weighted by Gasteiger charge is -2.30. The molecule has 8 nitrogen and oxygen atoms in total. The summed E-state index contributed by atoms with van der Waals surface area (Å²) in [5, 5.41) is 17.5. The molecule has 1 amide bonds. The lowest BCUT2D eigenvalue weighted by Crippen LogP contribution is -2.42. The summed E-state index contributed by atoms with van der Waals surface area (Å²) in [5.41, 5.74) is -1.10. The number of nitrogens with zero attached hydrogens (tertiary/aromatic N) is 4. The van der Waals surface area contributed by atoms with Crippen LogP contribution in [0.5, 0.6) is 5.75 Å². The van der Waals surface area contributed by atoms with Crippen LogP contribution in [0.2, 0.25) is 0 Å². The van der Waals surface area contributed by atoms with Gasteiger partial charge in [-0.3, -0.25) is 4.79 Å². The Bertz CT molecular complexity index is 1220. The van der Waals surface area contributed by atoms with Gasteiger partial charge in [0.15, 0.2) is 17.2 Å². The summed E-state index contributed by atoms with van der Waals surface area (Å²) in [6.07, 6.45) is 1.23. The van der Waals surface area contributed by atoms with E-state index >= 15 is 0 Å². The van der Waals surface area contributed by atoms with Gasteiger partial charge >= 0.3 is 6.36 Å². The number of halogens is 4. The predicted octanol–water partition coefficient (Wildman–Crippen LogP) is 4.00. The second-order valence-electron chi connectivity index (χ2n) is 8.96. The van der Waals surface area contributed by atoms with Gasteiger partial charge in [0.05, 0.1) is 17.8 Å². The summed E-state index contributed by atoms with van der Waals surface area (Å²) in [5.74, 6) is -2.22. The first kappa shape index (κ1) is 24.7. The van der Waals surface area contributed by atoms with Crippen LogP contribution in [0.3, 0.4) is 0 Å². The van der Waals surface area contributed by atoms with Crippen molar-refractivity contribution in [2.45, 2.75) is 51.1 Å². The van der Waals surface area contributed by atoms with Crippen LogP contribution in [0.4, 0.5) is 23.4 Å². The van der Waals surface area contributed by atoms with Crippen molar-refractivity contribution in [2.75, 3.05) is 18.0 Å². The number of ether oxygens (including phenoxy) is 1. The summed E-state index contributed by atoms with van der Waals surface area (Å²) in [6.45, 7) is 4.50. The second kappa shape index (κ2) is 9.33. The molecule has 1 unspecified atom stereocenters. The fourth-order valence-corrected chi connectivity index (χ4v) is 4.10. The van der Waals surface area contributed by atoms with E-state index in [9.17, 15) is 27.5 Å². The number of carbonyl (C=O) groups excluding carboxylic acids is 1. The highest BCUT2D eigenvalue weighted by atomic mass is 19.4. The number of carbonyl (C=O) groups is 1. The van der Waals surface area contributed by atoms with Crippen LogP contribution < -0.4 is 15.0 Å². The lowest BCUT2D eigenvalue weighted by atomic mass is 9.91. The van der Waals surface area contributed by atoms with E-state index in [0.717, 1.165) is 50.6 Å². The Morgan fingerprint density at radius 3 is 2.51 bits per heavy atom. The van der Waals surface area contributed by atoms with Crippen molar-refractivity contribution in [3.05, 3.63) is 53.6 Å². The number of aliphatic hydroxyl groups is 1. The summed E-state index contributed by atoms with van der Waals surface area (Å²) >= 11 is 0. The summed E-state index contributed by atoms with van der Waals surface area (Å²) < 4.78 is 56.8. The molecule has 1 aliphatic heterocycles. The van der Waals surface area contributed by atoms with Crippen LogP contribution in [0.25, 0.3) is 5.65 Å². The van der Waals surface area contributed by atoms with Crippen LogP contribution in [-0.4, -0.2) is 50.7 Å². The molecule has 2 N–H and O–H groups in total. The molecule has 12 heteroatoms. The first-order valence-corrected chi connectivity index (χ1v) is 11.1. The summed E-state index contributed by atoms with van der Waals surface area (Å²) in [7, 11) is 0. The van der Waals surface area contributed by atoms with Crippen molar-refractivity contribution in [2.24, 2.45) is 0 Å². The molecule has 0 spiro atoms. The molecule has 0 bridgehead atoms. The average Bonchev–Trinajstić information content (AvgIpc) is 3.21. The van der Waals surface area contributed by atoms with Gasteiger partial charge < -0.3 is 20.1 Å². The minimum Gasteiger partial charge on any atom is -0.403 e. The molecule has 3 heterocycles. The monoisotopic (exact) mass is 495 g/mol. The van der Waals surface area contributed by atoms with Crippen LogP contribution in [-0.2, 0) is 0 Å². The zero-order valence-electron chi connectivity index (χ0n) is 19.1. The maximum absolute atomic E-state index is 14.3. The molecule has 1 aliphatic rings. The first-order valence-electron chi connectivity index (χ1n) is 11.1. The van der Waals surface area contributed by atoms with E-state index in [-0.39, 0.29) is 11.1 Å². The zero-order chi connectivity index (χ0) is 25.4. The van der Waals surface area contributed by atoms with Crippen molar-refractivity contribution in [1.29, 1.82) is 0 Å². The number of alkyl halides is 3. The van der Waals surface area contributed by atoms with Gasteiger partial charge in [-0.25, -0.2) is 13.9 Å². The van der Waals surface area contributed by atoms with Gasteiger partial charge in [-0.2, -0.15) is 5.10 Å². The largest absolute Gasteiger partial charge is 0.573 e. The molecule has 1 aromatic carbocycles. The maximum Gasteiger partial charge on any atom is 0.573 e. The van der Waals surface area contributed by atoms with E-state index in [1.807, 2.05) is 6.07 Å². The quantitative estimate of drug-likeness (QED) is 0.503. The van der Waals surface area contributed by atoms with Crippen LogP contribution in [0.1, 0.15) is 55.1 Å². The third kappa shape index (κ3) is 5.64. The SMILES string of the molecule is CC(C)(O)C(NC(=O)c1cnn2ccc(N3CCCCC3)nc12)c1ccc(OC(F)(F)F)c(F)c1. The molecule has 0 saturated carbocycles. The Morgan fingerprint density at radius 2 is 1.89 bits per heavy atom. The Balaban J connectivity index is 1.61. The van der Waals surface area contributed by atoms with Gasteiger partial charge in [-0.05, 0) is 56.9 Å². The smallest absolute Gasteiger partial charge is 0.403 e. The third-order valence-corrected chi connectivity index (χ3v) is 5.78.